The fourth-order valence-corrected chi connectivity index (χ4v) is 7.26. The molecule has 5 rings (SSSR count). The molecular weight excluding hydrogens is 532 g/mol. The van der Waals surface area contributed by atoms with Crippen LogP contribution in [-0.4, -0.2) is 65.9 Å². The SMILES string of the molecule is COc1ccc2c3c1O[C@H]1C(OC(=O)[C@H](C)OC(=O)[C@H](C)NC(=O)[C@H](C)NC(C)=O)=CC[C@@]4(O)[C@@H](C2)C(C)CC[C@]314. The maximum Gasteiger partial charge on any atom is 0.352 e. The highest BCUT2D eigenvalue weighted by Crippen LogP contribution is 2.68. The van der Waals surface area contributed by atoms with E-state index in [2.05, 4.69) is 17.6 Å². The predicted molar refractivity (Wildman–Crippen MR) is 145 cm³/mol. The molecule has 1 aliphatic heterocycles. The summed E-state index contributed by atoms with van der Waals surface area (Å²) in [6.07, 6.45) is 2.26. The van der Waals surface area contributed by atoms with Gasteiger partial charge in [-0.15, -0.1) is 0 Å². The highest BCUT2D eigenvalue weighted by atomic mass is 16.6. The van der Waals surface area contributed by atoms with E-state index >= 15 is 0 Å². The van der Waals surface area contributed by atoms with Gasteiger partial charge in [0.05, 0.1) is 18.1 Å². The Kier molecular flexibility index (Phi) is 7.30. The van der Waals surface area contributed by atoms with Crippen molar-refractivity contribution in [3.8, 4) is 11.5 Å². The summed E-state index contributed by atoms with van der Waals surface area (Å²) in [5.74, 6) is -0.861. The Balaban J connectivity index is 1.33. The second-order valence-corrected chi connectivity index (χ2v) is 11.8. The minimum Gasteiger partial charge on any atom is -0.493 e. The van der Waals surface area contributed by atoms with Crippen LogP contribution >= 0.6 is 0 Å². The predicted octanol–water partition coefficient (Wildman–Crippen LogP) is 1.82. The lowest BCUT2D eigenvalue weighted by Crippen LogP contribution is -2.69. The van der Waals surface area contributed by atoms with E-state index in [1.807, 2.05) is 12.1 Å². The first kappa shape index (κ1) is 28.9. The molecule has 1 heterocycles. The molecule has 3 N–H and O–H groups in total. The molecule has 1 unspecified atom stereocenters. The topological polar surface area (TPSA) is 149 Å². The molecule has 0 radical (unpaired) electrons. The normalized spacial score (nSPS) is 30.8. The number of aliphatic hydroxyl groups is 1. The monoisotopic (exact) mass is 570 g/mol. The molecular formula is C30H38N2O9. The molecule has 1 aromatic rings. The number of carbonyl (C=O) groups excluding carboxylic acids is 4. The summed E-state index contributed by atoms with van der Waals surface area (Å²) in [4.78, 5) is 49.2. The van der Waals surface area contributed by atoms with Gasteiger partial charge in [-0.25, -0.2) is 9.59 Å². The van der Waals surface area contributed by atoms with E-state index < -0.39 is 53.2 Å². The fraction of sp³-hybridized carbons (Fsp3) is 0.600. The Morgan fingerprint density at radius 2 is 1.83 bits per heavy atom. The van der Waals surface area contributed by atoms with Crippen molar-refractivity contribution in [1.29, 1.82) is 0 Å². The minimum atomic E-state index is -1.28. The minimum absolute atomic E-state index is 0.0210. The number of hydrogen-bond donors (Lipinski definition) is 3. The Bertz CT molecular complexity index is 1330. The lowest BCUT2D eigenvalue weighted by Gasteiger charge is -2.61. The number of hydrogen-bond acceptors (Lipinski definition) is 9. The summed E-state index contributed by atoms with van der Waals surface area (Å²) >= 11 is 0. The van der Waals surface area contributed by atoms with Crippen LogP contribution in [0.1, 0.15) is 65.0 Å². The molecule has 2 bridgehead atoms. The molecule has 0 saturated heterocycles. The molecule has 1 saturated carbocycles. The average molecular weight is 571 g/mol. The smallest absolute Gasteiger partial charge is 0.352 e. The quantitative estimate of drug-likeness (QED) is 0.398. The third-order valence-corrected chi connectivity index (χ3v) is 9.31. The molecule has 11 nitrogen and oxygen atoms in total. The van der Waals surface area contributed by atoms with Crippen molar-refractivity contribution in [2.24, 2.45) is 11.8 Å². The van der Waals surface area contributed by atoms with E-state index in [0.717, 1.165) is 24.0 Å². The van der Waals surface area contributed by atoms with Gasteiger partial charge in [-0.05, 0) is 76.0 Å². The molecule has 4 aliphatic rings. The van der Waals surface area contributed by atoms with Crippen LogP contribution < -0.4 is 20.1 Å². The number of nitrogens with one attached hydrogen (secondary N) is 2. The van der Waals surface area contributed by atoms with Crippen molar-refractivity contribution < 1.29 is 43.2 Å². The Morgan fingerprint density at radius 1 is 1.10 bits per heavy atom. The van der Waals surface area contributed by atoms with Crippen LogP contribution in [0, 0.1) is 11.8 Å². The van der Waals surface area contributed by atoms with E-state index in [1.54, 1.807) is 13.2 Å². The van der Waals surface area contributed by atoms with Crippen molar-refractivity contribution in [3.05, 3.63) is 35.1 Å². The van der Waals surface area contributed by atoms with Gasteiger partial charge in [0.15, 0.2) is 23.7 Å². The maximum absolute atomic E-state index is 13.2. The summed E-state index contributed by atoms with van der Waals surface area (Å²) in [5, 5.41) is 17.2. The van der Waals surface area contributed by atoms with Gasteiger partial charge in [-0.3, -0.25) is 9.59 Å². The van der Waals surface area contributed by atoms with Crippen molar-refractivity contribution in [2.45, 2.75) is 95.6 Å². The van der Waals surface area contributed by atoms with E-state index in [9.17, 15) is 24.3 Å². The molecule has 8 atom stereocenters. The highest BCUT2D eigenvalue weighted by Gasteiger charge is 2.72. The lowest BCUT2D eigenvalue weighted by atomic mass is 9.45. The Hall–Kier alpha value is -3.60. The molecule has 2 amide bonds. The number of carbonyl (C=O) groups is 4. The third-order valence-electron chi connectivity index (χ3n) is 9.31. The van der Waals surface area contributed by atoms with Crippen molar-refractivity contribution in [3.63, 3.8) is 0 Å². The second kappa shape index (κ2) is 10.3. The zero-order valence-corrected chi connectivity index (χ0v) is 24.2. The van der Waals surface area contributed by atoms with E-state index in [-0.39, 0.29) is 17.6 Å². The standard InChI is InChI=1S/C30H38N2O9/c1-14-9-11-29-23-19-7-8-21(38-6)24(23)41-25(29)22(10-12-30(29,37)20(14)13-19)40-28(36)17(4)39-27(35)16(3)32-26(34)15(2)31-18(5)33/h7-8,10,14-17,20,25,37H,9,11-13H2,1-6H3,(H,31,33)(H,32,34)/t14?,15-,16-,17-,20-,25-,29-,30+/m0/s1. The van der Waals surface area contributed by atoms with E-state index in [0.29, 0.717) is 30.3 Å². The number of methoxy groups -OCH3 is 1. The molecule has 1 aromatic carbocycles. The summed E-state index contributed by atoms with van der Waals surface area (Å²) < 4.78 is 23.2. The van der Waals surface area contributed by atoms with Crippen molar-refractivity contribution in [2.75, 3.05) is 7.11 Å². The molecule has 3 aliphatic carbocycles. The number of ether oxygens (including phenoxy) is 4. The molecule has 222 valence electrons. The average Bonchev–Trinajstić information content (AvgIpc) is 3.27. The van der Waals surface area contributed by atoms with Gasteiger partial charge >= 0.3 is 11.9 Å². The van der Waals surface area contributed by atoms with E-state index in [1.165, 1.54) is 27.7 Å². The fourth-order valence-electron chi connectivity index (χ4n) is 7.26. The summed E-state index contributed by atoms with van der Waals surface area (Å²) in [6, 6.07) is 2.00. The number of benzene rings is 1. The summed E-state index contributed by atoms with van der Waals surface area (Å²) in [6.45, 7) is 7.74. The molecule has 0 aromatic heterocycles. The molecule has 41 heavy (non-hydrogen) atoms. The van der Waals surface area contributed by atoms with Crippen molar-refractivity contribution in [1.82, 2.24) is 10.6 Å². The number of esters is 2. The molecule has 11 heteroatoms. The van der Waals surface area contributed by atoms with Crippen LogP contribution in [-0.2, 0) is 40.5 Å². The first-order valence-corrected chi connectivity index (χ1v) is 14.1. The van der Waals surface area contributed by atoms with Crippen LogP contribution in [0.25, 0.3) is 0 Å². The van der Waals surface area contributed by atoms with Gasteiger partial charge in [0.25, 0.3) is 0 Å². The van der Waals surface area contributed by atoms with Crippen LogP contribution in [0.5, 0.6) is 11.5 Å². The first-order chi connectivity index (χ1) is 19.3. The number of amides is 2. The zero-order chi connectivity index (χ0) is 29.9. The summed E-state index contributed by atoms with van der Waals surface area (Å²) in [7, 11) is 1.57. The first-order valence-electron chi connectivity index (χ1n) is 14.1. The van der Waals surface area contributed by atoms with E-state index in [4.69, 9.17) is 18.9 Å². The Labute approximate surface area is 238 Å². The summed E-state index contributed by atoms with van der Waals surface area (Å²) in [5.41, 5.74) is 0.181. The third kappa shape index (κ3) is 4.45. The van der Waals surface area contributed by atoms with Crippen LogP contribution in [0.15, 0.2) is 24.0 Å². The lowest BCUT2D eigenvalue weighted by molar-refractivity contribution is -0.176. The zero-order valence-electron chi connectivity index (χ0n) is 24.2. The number of rotatable bonds is 8. The van der Waals surface area contributed by atoms with Gasteiger partial charge in [0.1, 0.15) is 17.8 Å². The van der Waals surface area contributed by atoms with Crippen LogP contribution in [0.4, 0.5) is 0 Å². The Morgan fingerprint density at radius 3 is 2.51 bits per heavy atom. The van der Waals surface area contributed by atoms with Gasteiger partial charge < -0.3 is 34.7 Å². The van der Waals surface area contributed by atoms with Gasteiger partial charge in [0.2, 0.25) is 11.8 Å². The van der Waals surface area contributed by atoms with Crippen LogP contribution in [0.2, 0.25) is 0 Å². The molecule has 1 fully saturated rings. The van der Waals surface area contributed by atoms with Gasteiger partial charge in [-0.2, -0.15) is 0 Å². The van der Waals surface area contributed by atoms with Gasteiger partial charge in [0, 0.05) is 12.5 Å². The second-order valence-electron chi connectivity index (χ2n) is 11.8. The van der Waals surface area contributed by atoms with Crippen LogP contribution in [0.3, 0.4) is 0 Å². The largest absolute Gasteiger partial charge is 0.493 e. The van der Waals surface area contributed by atoms with Crippen molar-refractivity contribution >= 4 is 23.8 Å². The molecule has 1 spiro atoms. The maximum atomic E-state index is 13.2. The highest BCUT2D eigenvalue weighted by molar-refractivity contribution is 5.90. The van der Waals surface area contributed by atoms with Gasteiger partial charge in [-0.1, -0.05) is 13.0 Å².